The van der Waals surface area contributed by atoms with E-state index in [1.165, 1.54) is 12.1 Å². The SMILES string of the molecule is CCCCOc1cccc2c1cc(C(C)(C)C=O)n2-c1ccc(F)cc1. The third-order valence-electron chi connectivity index (χ3n) is 4.60. The fraction of sp³-hybridized carbons (Fsp3) is 0.318. The highest BCUT2D eigenvalue weighted by Crippen LogP contribution is 2.36. The van der Waals surface area contributed by atoms with Gasteiger partial charge in [0, 0.05) is 16.8 Å². The molecule has 136 valence electrons. The smallest absolute Gasteiger partial charge is 0.131 e. The van der Waals surface area contributed by atoms with Crippen LogP contribution < -0.4 is 4.74 Å². The molecule has 0 aliphatic carbocycles. The van der Waals surface area contributed by atoms with Crippen molar-refractivity contribution in [2.75, 3.05) is 6.61 Å². The van der Waals surface area contributed by atoms with Crippen LogP contribution in [0.25, 0.3) is 16.6 Å². The van der Waals surface area contributed by atoms with Crippen molar-refractivity contribution in [2.24, 2.45) is 0 Å². The Labute approximate surface area is 153 Å². The molecule has 0 fully saturated rings. The molecule has 0 radical (unpaired) electrons. The number of rotatable bonds is 7. The first-order chi connectivity index (χ1) is 12.5. The molecule has 0 amide bonds. The Morgan fingerprint density at radius 3 is 2.54 bits per heavy atom. The van der Waals surface area contributed by atoms with Gasteiger partial charge in [0.25, 0.3) is 0 Å². The first-order valence-corrected chi connectivity index (χ1v) is 8.98. The molecular formula is C22H24FNO2. The first-order valence-electron chi connectivity index (χ1n) is 8.98. The maximum absolute atomic E-state index is 13.4. The van der Waals surface area contributed by atoms with Crippen LogP contribution in [0.4, 0.5) is 4.39 Å². The number of hydrogen-bond acceptors (Lipinski definition) is 2. The van der Waals surface area contributed by atoms with E-state index in [1.54, 1.807) is 12.1 Å². The van der Waals surface area contributed by atoms with Gasteiger partial charge < -0.3 is 14.1 Å². The summed E-state index contributed by atoms with van der Waals surface area (Å²) in [5.41, 5.74) is 1.92. The van der Waals surface area contributed by atoms with Crippen LogP contribution in [-0.4, -0.2) is 17.5 Å². The Morgan fingerprint density at radius 1 is 1.15 bits per heavy atom. The molecule has 1 heterocycles. The highest BCUT2D eigenvalue weighted by atomic mass is 19.1. The lowest BCUT2D eigenvalue weighted by Crippen LogP contribution is -2.22. The number of unbranched alkanes of at least 4 members (excludes halogenated alkanes) is 1. The maximum atomic E-state index is 13.4. The maximum Gasteiger partial charge on any atom is 0.131 e. The number of ether oxygens (including phenoxy) is 1. The number of carbonyl (C=O) groups is 1. The van der Waals surface area contributed by atoms with Crippen molar-refractivity contribution < 1.29 is 13.9 Å². The fourth-order valence-electron chi connectivity index (χ4n) is 3.06. The molecule has 2 aromatic carbocycles. The summed E-state index contributed by atoms with van der Waals surface area (Å²) in [5, 5.41) is 0.956. The fourth-order valence-corrected chi connectivity index (χ4v) is 3.06. The summed E-state index contributed by atoms with van der Waals surface area (Å²) in [6, 6.07) is 14.2. The molecule has 0 aliphatic rings. The van der Waals surface area contributed by atoms with Crippen LogP contribution in [0.5, 0.6) is 5.75 Å². The molecule has 0 aliphatic heterocycles. The average molecular weight is 353 g/mol. The van der Waals surface area contributed by atoms with Gasteiger partial charge in [-0.2, -0.15) is 0 Å². The molecular weight excluding hydrogens is 329 g/mol. The minimum atomic E-state index is -0.686. The largest absolute Gasteiger partial charge is 0.493 e. The van der Waals surface area contributed by atoms with Crippen LogP contribution in [0.2, 0.25) is 0 Å². The minimum Gasteiger partial charge on any atom is -0.493 e. The van der Waals surface area contributed by atoms with Crippen molar-refractivity contribution in [1.29, 1.82) is 0 Å². The Balaban J connectivity index is 2.23. The van der Waals surface area contributed by atoms with Gasteiger partial charge in [0.15, 0.2) is 0 Å². The third-order valence-corrected chi connectivity index (χ3v) is 4.60. The molecule has 0 atom stereocenters. The van der Waals surface area contributed by atoms with Crippen LogP contribution >= 0.6 is 0 Å². The molecule has 4 heteroatoms. The van der Waals surface area contributed by atoms with Gasteiger partial charge in [0.1, 0.15) is 17.9 Å². The third kappa shape index (κ3) is 3.36. The minimum absolute atomic E-state index is 0.287. The topological polar surface area (TPSA) is 31.2 Å². The molecule has 0 saturated carbocycles. The number of aromatic nitrogens is 1. The van der Waals surface area contributed by atoms with Gasteiger partial charge in [0.2, 0.25) is 0 Å². The van der Waals surface area contributed by atoms with E-state index in [-0.39, 0.29) is 5.82 Å². The van der Waals surface area contributed by atoms with E-state index >= 15 is 0 Å². The van der Waals surface area contributed by atoms with Crippen LogP contribution in [0.15, 0.2) is 48.5 Å². The Kier molecular flexibility index (Phi) is 5.12. The summed E-state index contributed by atoms with van der Waals surface area (Å²) < 4.78 is 21.4. The standard InChI is InChI=1S/C22H24FNO2/c1-4-5-13-26-20-8-6-7-19-18(20)14-21(22(2,3)15-25)24(19)17-11-9-16(23)10-12-17/h6-12,14-15H,4-5,13H2,1-3H3. The first kappa shape index (κ1) is 18.2. The number of carbonyl (C=O) groups excluding carboxylic acids is 1. The summed E-state index contributed by atoms with van der Waals surface area (Å²) in [5.74, 6) is 0.518. The number of nitrogens with zero attached hydrogens (tertiary/aromatic N) is 1. The van der Waals surface area contributed by atoms with Crippen molar-refractivity contribution >= 4 is 17.2 Å². The lowest BCUT2D eigenvalue weighted by atomic mass is 9.91. The van der Waals surface area contributed by atoms with Gasteiger partial charge in [-0.1, -0.05) is 19.4 Å². The van der Waals surface area contributed by atoms with E-state index in [0.717, 1.165) is 47.2 Å². The highest BCUT2D eigenvalue weighted by Gasteiger charge is 2.27. The quantitative estimate of drug-likeness (QED) is 0.419. The van der Waals surface area contributed by atoms with Crippen LogP contribution in [0.3, 0.4) is 0 Å². The molecule has 3 rings (SSSR count). The lowest BCUT2D eigenvalue weighted by Gasteiger charge is -2.21. The van der Waals surface area contributed by atoms with E-state index in [0.29, 0.717) is 6.61 Å². The molecule has 3 aromatic rings. The van der Waals surface area contributed by atoms with Crippen molar-refractivity contribution in [3.63, 3.8) is 0 Å². The monoisotopic (exact) mass is 353 g/mol. The van der Waals surface area contributed by atoms with Crippen molar-refractivity contribution in [3.05, 3.63) is 60.0 Å². The van der Waals surface area contributed by atoms with Gasteiger partial charge >= 0.3 is 0 Å². The molecule has 0 N–H and O–H groups in total. The molecule has 0 bridgehead atoms. The van der Waals surface area contributed by atoms with Crippen LogP contribution in [0, 0.1) is 5.82 Å². The molecule has 0 spiro atoms. The molecule has 1 aromatic heterocycles. The number of halogens is 1. The molecule has 0 saturated heterocycles. The summed E-state index contributed by atoms with van der Waals surface area (Å²) in [4.78, 5) is 11.7. The van der Waals surface area contributed by atoms with E-state index in [1.807, 2.05) is 42.7 Å². The Hall–Kier alpha value is -2.62. The van der Waals surface area contributed by atoms with Crippen molar-refractivity contribution in [3.8, 4) is 11.4 Å². The van der Waals surface area contributed by atoms with E-state index in [2.05, 4.69) is 6.92 Å². The van der Waals surface area contributed by atoms with E-state index < -0.39 is 5.41 Å². The number of fused-ring (bicyclic) bond motifs is 1. The van der Waals surface area contributed by atoms with Crippen molar-refractivity contribution in [1.82, 2.24) is 4.57 Å². The molecule has 26 heavy (non-hydrogen) atoms. The molecule has 0 unspecified atom stereocenters. The normalized spacial score (nSPS) is 11.7. The van der Waals surface area contributed by atoms with E-state index in [9.17, 15) is 9.18 Å². The van der Waals surface area contributed by atoms with Gasteiger partial charge in [-0.25, -0.2) is 4.39 Å². The van der Waals surface area contributed by atoms with Crippen molar-refractivity contribution in [2.45, 2.75) is 39.0 Å². The molecule has 3 nitrogen and oxygen atoms in total. The lowest BCUT2D eigenvalue weighted by molar-refractivity contribution is -0.111. The predicted molar refractivity (Wildman–Crippen MR) is 103 cm³/mol. The van der Waals surface area contributed by atoms with Crippen LogP contribution in [0.1, 0.15) is 39.3 Å². The zero-order valence-corrected chi connectivity index (χ0v) is 15.5. The Bertz CT molecular complexity index is 910. The van der Waals surface area contributed by atoms with E-state index in [4.69, 9.17) is 4.74 Å². The zero-order valence-electron chi connectivity index (χ0n) is 15.5. The summed E-state index contributed by atoms with van der Waals surface area (Å²) >= 11 is 0. The predicted octanol–water partition coefficient (Wildman–Crippen LogP) is 5.43. The van der Waals surface area contributed by atoms with Gasteiger partial charge in [-0.3, -0.25) is 0 Å². The highest BCUT2D eigenvalue weighted by molar-refractivity contribution is 5.90. The summed E-state index contributed by atoms with van der Waals surface area (Å²) in [6.45, 7) is 6.54. The second-order valence-electron chi connectivity index (χ2n) is 7.07. The van der Waals surface area contributed by atoms with Gasteiger partial charge in [0.05, 0.1) is 17.5 Å². The second kappa shape index (κ2) is 7.32. The summed E-state index contributed by atoms with van der Waals surface area (Å²) in [6.07, 6.45) is 3.00. The van der Waals surface area contributed by atoms with Gasteiger partial charge in [-0.05, 0) is 62.7 Å². The number of benzene rings is 2. The Morgan fingerprint density at radius 2 is 1.88 bits per heavy atom. The average Bonchev–Trinajstić information content (AvgIpc) is 3.04. The number of hydrogen-bond donors (Lipinski definition) is 0. The second-order valence-corrected chi connectivity index (χ2v) is 7.07. The van der Waals surface area contributed by atoms with Gasteiger partial charge in [-0.15, -0.1) is 0 Å². The zero-order chi connectivity index (χ0) is 18.7. The number of aldehydes is 1. The van der Waals surface area contributed by atoms with Crippen LogP contribution in [-0.2, 0) is 10.2 Å². The summed E-state index contributed by atoms with van der Waals surface area (Å²) in [7, 11) is 0.